The molecule has 0 unspecified atom stereocenters. The maximum Gasteiger partial charge on any atom is 0.316 e. The Morgan fingerprint density at radius 2 is 1.74 bits per heavy atom. The van der Waals surface area contributed by atoms with E-state index in [-0.39, 0.29) is 17.5 Å². The van der Waals surface area contributed by atoms with Crippen LogP contribution < -0.4 is 5.73 Å². The molecule has 0 bridgehead atoms. The minimum atomic E-state index is -0.485. The zero-order valence-corrected chi connectivity index (χ0v) is 13.3. The van der Waals surface area contributed by atoms with E-state index in [4.69, 9.17) is 10.5 Å². The molecule has 1 aromatic rings. The van der Waals surface area contributed by atoms with E-state index in [9.17, 15) is 9.59 Å². The van der Waals surface area contributed by atoms with Crippen LogP contribution in [0.25, 0.3) is 0 Å². The lowest BCUT2D eigenvalue weighted by atomic mass is 10.2. The van der Waals surface area contributed by atoms with E-state index < -0.39 is 11.5 Å². The number of hydrogen-bond donors (Lipinski definition) is 1. The number of thioether (sulfide) groups is 2. The smallest absolute Gasteiger partial charge is 0.316 e. The highest BCUT2D eigenvalue weighted by Gasteiger charge is 2.17. The summed E-state index contributed by atoms with van der Waals surface area (Å²) in [6.45, 7) is 5.46. The van der Waals surface area contributed by atoms with Gasteiger partial charge in [-0.2, -0.15) is 0 Å². The Balaban J connectivity index is 2.38. The van der Waals surface area contributed by atoms with Crippen LogP contribution in [0.5, 0.6) is 0 Å². The number of nitrogens with zero attached hydrogens (tertiary/aromatic N) is 2. The van der Waals surface area contributed by atoms with Crippen LogP contribution >= 0.6 is 34.9 Å². The molecule has 6 nitrogen and oxygen atoms in total. The minimum absolute atomic E-state index is 0.172. The second-order valence-corrected chi connectivity index (χ2v) is 7.89. The van der Waals surface area contributed by atoms with Crippen molar-refractivity contribution in [1.82, 2.24) is 10.2 Å². The Bertz CT molecular complexity index is 456. The number of aromatic nitrogens is 2. The van der Waals surface area contributed by atoms with E-state index in [1.807, 2.05) is 20.8 Å². The number of primary amides is 1. The zero-order valence-electron chi connectivity index (χ0n) is 10.8. The lowest BCUT2D eigenvalue weighted by Crippen LogP contribution is -2.24. The van der Waals surface area contributed by atoms with Crippen molar-refractivity contribution in [2.45, 2.75) is 35.1 Å². The molecular weight excluding hydrogens is 306 g/mol. The maximum absolute atomic E-state index is 11.5. The van der Waals surface area contributed by atoms with Crippen LogP contribution in [0.15, 0.2) is 8.68 Å². The van der Waals surface area contributed by atoms with Crippen molar-refractivity contribution in [3.63, 3.8) is 0 Å². The van der Waals surface area contributed by atoms with Crippen LogP contribution in [0.1, 0.15) is 20.8 Å². The van der Waals surface area contributed by atoms with Gasteiger partial charge in [-0.15, -0.1) is 10.2 Å². The molecule has 106 valence electrons. The number of esters is 1. The summed E-state index contributed by atoms with van der Waals surface area (Å²) in [5, 5.41) is 7.80. The van der Waals surface area contributed by atoms with Gasteiger partial charge in [0.15, 0.2) is 8.68 Å². The Hall–Kier alpha value is -0.800. The average molecular weight is 321 g/mol. The van der Waals surface area contributed by atoms with E-state index in [1.54, 1.807) is 0 Å². The molecule has 0 aliphatic rings. The molecule has 1 aromatic heterocycles. The average Bonchev–Trinajstić information content (AvgIpc) is 2.69. The first-order chi connectivity index (χ1) is 8.76. The predicted octanol–water partition coefficient (Wildman–Crippen LogP) is 1.55. The largest absolute Gasteiger partial charge is 0.459 e. The van der Waals surface area contributed by atoms with Crippen molar-refractivity contribution in [2.75, 3.05) is 11.5 Å². The van der Waals surface area contributed by atoms with E-state index in [2.05, 4.69) is 10.2 Å². The summed E-state index contributed by atoms with van der Waals surface area (Å²) in [5.41, 5.74) is 4.55. The van der Waals surface area contributed by atoms with Gasteiger partial charge < -0.3 is 10.5 Å². The molecule has 0 radical (unpaired) electrons. The van der Waals surface area contributed by atoms with Crippen molar-refractivity contribution < 1.29 is 14.3 Å². The fourth-order valence-corrected chi connectivity index (χ4v) is 3.47. The molecule has 1 heterocycles. The molecule has 0 saturated carbocycles. The van der Waals surface area contributed by atoms with Gasteiger partial charge in [-0.05, 0) is 20.8 Å². The molecule has 0 atom stereocenters. The van der Waals surface area contributed by atoms with Gasteiger partial charge in [-0.1, -0.05) is 34.9 Å². The Morgan fingerprint density at radius 3 is 2.21 bits per heavy atom. The van der Waals surface area contributed by atoms with Gasteiger partial charge in [0.25, 0.3) is 0 Å². The standard InChI is InChI=1S/C10H15N3O3S3/c1-10(2,3)16-7(15)5-18-9-13-12-8(19-9)17-4-6(11)14/h4-5H2,1-3H3,(H2,11,14). The van der Waals surface area contributed by atoms with Gasteiger partial charge in [-0.3, -0.25) is 9.59 Å². The van der Waals surface area contributed by atoms with Gasteiger partial charge in [0.1, 0.15) is 5.60 Å². The molecule has 1 amide bonds. The molecule has 0 spiro atoms. The number of hydrogen-bond acceptors (Lipinski definition) is 8. The van der Waals surface area contributed by atoms with Crippen molar-refractivity contribution in [1.29, 1.82) is 0 Å². The highest BCUT2D eigenvalue weighted by atomic mass is 32.2. The SMILES string of the molecule is CC(C)(C)OC(=O)CSc1nnc(SCC(N)=O)s1. The van der Waals surface area contributed by atoms with Crippen LogP contribution in [0.2, 0.25) is 0 Å². The summed E-state index contributed by atoms with van der Waals surface area (Å²) in [4.78, 5) is 22.1. The molecule has 2 N–H and O–H groups in total. The van der Waals surface area contributed by atoms with Crippen LogP contribution in [0.3, 0.4) is 0 Å². The van der Waals surface area contributed by atoms with E-state index in [0.29, 0.717) is 8.68 Å². The van der Waals surface area contributed by atoms with Crippen LogP contribution in [0, 0.1) is 0 Å². The quantitative estimate of drug-likeness (QED) is 0.627. The molecule has 0 aromatic carbocycles. The molecular formula is C10H15N3O3S3. The van der Waals surface area contributed by atoms with E-state index in [0.717, 1.165) is 0 Å². The van der Waals surface area contributed by atoms with Crippen molar-refractivity contribution >= 4 is 46.7 Å². The highest BCUT2D eigenvalue weighted by Crippen LogP contribution is 2.28. The van der Waals surface area contributed by atoms with E-state index >= 15 is 0 Å². The van der Waals surface area contributed by atoms with Gasteiger partial charge >= 0.3 is 5.97 Å². The summed E-state index contributed by atoms with van der Waals surface area (Å²) in [7, 11) is 0. The summed E-state index contributed by atoms with van der Waals surface area (Å²) in [6, 6.07) is 0. The Kier molecular flexibility index (Phi) is 6.08. The molecule has 9 heteroatoms. The minimum Gasteiger partial charge on any atom is -0.459 e. The lowest BCUT2D eigenvalue weighted by Gasteiger charge is -2.18. The van der Waals surface area contributed by atoms with Gasteiger partial charge in [0, 0.05) is 0 Å². The van der Waals surface area contributed by atoms with Crippen LogP contribution in [-0.2, 0) is 14.3 Å². The number of rotatable bonds is 6. The maximum atomic E-state index is 11.5. The first-order valence-corrected chi connectivity index (χ1v) is 8.14. The summed E-state index contributed by atoms with van der Waals surface area (Å²) in [6.07, 6.45) is 0. The highest BCUT2D eigenvalue weighted by molar-refractivity contribution is 8.03. The molecule has 0 saturated heterocycles. The number of carbonyl (C=O) groups is 2. The number of amides is 1. The van der Waals surface area contributed by atoms with Crippen LogP contribution in [0.4, 0.5) is 0 Å². The predicted molar refractivity (Wildman–Crippen MR) is 76.4 cm³/mol. The fourth-order valence-electron chi connectivity index (χ4n) is 0.938. The molecule has 19 heavy (non-hydrogen) atoms. The lowest BCUT2D eigenvalue weighted by molar-refractivity contribution is -0.151. The molecule has 0 fully saturated rings. The normalized spacial score (nSPS) is 11.3. The zero-order chi connectivity index (χ0) is 14.5. The summed E-state index contributed by atoms with van der Waals surface area (Å²) in [5.74, 6) is -0.334. The molecule has 0 aliphatic carbocycles. The third-order valence-electron chi connectivity index (χ3n) is 1.46. The topological polar surface area (TPSA) is 95.2 Å². The van der Waals surface area contributed by atoms with Gasteiger partial charge in [0.2, 0.25) is 5.91 Å². The third-order valence-corrected chi connectivity index (χ3v) is 4.65. The molecule has 0 aliphatic heterocycles. The van der Waals surface area contributed by atoms with Crippen molar-refractivity contribution in [3.8, 4) is 0 Å². The van der Waals surface area contributed by atoms with Gasteiger partial charge in [0.05, 0.1) is 11.5 Å². The van der Waals surface area contributed by atoms with Crippen LogP contribution in [-0.4, -0.2) is 39.2 Å². The van der Waals surface area contributed by atoms with E-state index in [1.165, 1.54) is 34.9 Å². The first kappa shape index (κ1) is 16.3. The van der Waals surface area contributed by atoms with Crippen molar-refractivity contribution in [3.05, 3.63) is 0 Å². The molecule has 1 rings (SSSR count). The second kappa shape index (κ2) is 7.11. The first-order valence-electron chi connectivity index (χ1n) is 5.35. The fraction of sp³-hybridized carbons (Fsp3) is 0.600. The van der Waals surface area contributed by atoms with Crippen molar-refractivity contribution in [2.24, 2.45) is 5.73 Å². The number of carbonyl (C=O) groups excluding carboxylic acids is 2. The van der Waals surface area contributed by atoms with Gasteiger partial charge in [-0.25, -0.2) is 0 Å². The Morgan fingerprint density at radius 1 is 1.21 bits per heavy atom. The Labute approximate surface area is 123 Å². The third kappa shape index (κ3) is 7.38. The number of ether oxygens (including phenoxy) is 1. The number of nitrogens with two attached hydrogens (primary N) is 1. The summed E-state index contributed by atoms with van der Waals surface area (Å²) >= 11 is 3.82. The second-order valence-electron chi connectivity index (χ2n) is 4.46. The monoisotopic (exact) mass is 321 g/mol. The summed E-state index contributed by atoms with van der Waals surface area (Å²) < 4.78 is 6.50.